The molecule has 3 rings (SSSR count). The van der Waals surface area contributed by atoms with Crippen molar-refractivity contribution in [1.29, 1.82) is 5.26 Å². The van der Waals surface area contributed by atoms with Crippen LogP contribution in [-0.4, -0.2) is 12.5 Å². The van der Waals surface area contributed by atoms with Gasteiger partial charge in [-0.25, -0.2) is 0 Å². The van der Waals surface area contributed by atoms with E-state index in [0.29, 0.717) is 27.3 Å². The average Bonchev–Trinajstić information content (AvgIpc) is 2.93. The molecule has 136 valence electrons. The molecule has 4 nitrogen and oxygen atoms in total. The van der Waals surface area contributed by atoms with Gasteiger partial charge in [-0.15, -0.1) is 11.3 Å². The monoisotopic (exact) mass is 388 g/mol. The Kier molecular flexibility index (Phi) is 5.55. The molecule has 1 atom stereocenters. The van der Waals surface area contributed by atoms with Crippen molar-refractivity contribution in [2.24, 2.45) is 5.92 Å². The standard InChI is InChI=1S/C20H21ClN2O2S/c1-11-4-5-15-16(9-22)20(26-17(15)6-11)23-18(24)10-25-14-7-12(2)19(21)13(3)8-14/h7-8,11H,4-6,10H2,1-3H3,(H,23,24)/t11-/m0/s1. The van der Waals surface area contributed by atoms with Crippen LogP contribution in [0.15, 0.2) is 12.1 Å². The molecule has 1 aliphatic rings. The summed E-state index contributed by atoms with van der Waals surface area (Å²) >= 11 is 7.67. The third-order valence-corrected chi connectivity index (χ3v) is 6.42. The Balaban J connectivity index is 1.68. The van der Waals surface area contributed by atoms with E-state index >= 15 is 0 Å². The summed E-state index contributed by atoms with van der Waals surface area (Å²) in [5, 5.41) is 13.7. The van der Waals surface area contributed by atoms with Gasteiger partial charge in [0.2, 0.25) is 0 Å². The molecule has 1 heterocycles. The van der Waals surface area contributed by atoms with Crippen molar-refractivity contribution < 1.29 is 9.53 Å². The van der Waals surface area contributed by atoms with E-state index in [2.05, 4.69) is 18.3 Å². The molecule has 26 heavy (non-hydrogen) atoms. The first-order chi connectivity index (χ1) is 12.4. The van der Waals surface area contributed by atoms with Crippen molar-refractivity contribution in [2.45, 2.75) is 40.0 Å². The summed E-state index contributed by atoms with van der Waals surface area (Å²) < 4.78 is 5.60. The van der Waals surface area contributed by atoms with Gasteiger partial charge in [0, 0.05) is 9.90 Å². The highest BCUT2D eigenvalue weighted by Gasteiger charge is 2.24. The number of nitrogens with one attached hydrogen (secondary N) is 1. The SMILES string of the molecule is Cc1cc(OCC(=O)Nc2sc3c(c2C#N)CC[C@H](C)C3)cc(C)c1Cl. The molecule has 0 spiro atoms. The van der Waals surface area contributed by atoms with Crippen molar-refractivity contribution in [3.63, 3.8) is 0 Å². The highest BCUT2D eigenvalue weighted by molar-refractivity contribution is 7.16. The minimum Gasteiger partial charge on any atom is -0.484 e. The lowest BCUT2D eigenvalue weighted by atomic mass is 9.89. The number of hydrogen-bond acceptors (Lipinski definition) is 4. The molecule has 0 radical (unpaired) electrons. The zero-order valence-corrected chi connectivity index (χ0v) is 16.7. The number of carbonyl (C=O) groups excluding carboxylic acids is 1. The Labute approximate surface area is 162 Å². The zero-order chi connectivity index (χ0) is 18.8. The summed E-state index contributed by atoms with van der Waals surface area (Å²) in [6.45, 7) is 5.92. The van der Waals surface area contributed by atoms with Crippen LogP contribution < -0.4 is 10.1 Å². The van der Waals surface area contributed by atoms with Gasteiger partial charge < -0.3 is 10.1 Å². The van der Waals surface area contributed by atoms with Crippen molar-refractivity contribution >= 4 is 33.8 Å². The lowest BCUT2D eigenvalue weighted by Gasteiger charge is -2.17. The van der Waals surface area contributed by atoms with Crippen LogP contribution in [0.25, 0.3) is 0 Å². The fourth-order valence-electron chi connectivity index (χ4n) is 3.26. The Morgan fingerprint density at radius 3 is 2.77 bits per heavy atom. The number of ether oxygens (including phenoxy) is 1. The zero-order valence-electron chi connectivity index (χ0n) is 15.1. The predicted octanol–water partition coefficient (Wildman–Crippen LogP) is 5.03. The van der Waals surface area contributed by atoms with Gasteiger partial charge in [0.1, 0.15) is 16.8 Å². The maximum atomic E-state index is 12.3. The van der Waals surface area contributed by atoms with Crippen molar-refractivity contribution in [2.75, 3.05) is 11.9 Å². The molecule has 0 unspecified atom stereocenters. The Hall–Kier alpha value is -2.03. The van der Waals surface area contributed by atoms with Gasteiger partial charge in [-0.3, -0.25) is 4.79 Å². The van der Waals surface area contributed by atoms with Gasteiger partial charge in [0.05, 0.1) is 5.56 Å². The smallest absolute Gasteiger partial charge is 0.262 e. The number of halogens is 1. The third-order valence-electron chi connectivity index (χ3n) is 4.66. The quantitative estimate of drug-likeness (QED) is 0.798. The van der Waals surface area contributed by atoms with Gasteiger partial charge in [0.25, 0.3) is 5.91 Å². The van der Waals surface area contributed by atoms with Crippen LogP contribution in [-0.2, 0) is 17.6 Å². The molecule has 6 heteroatoms. The van der Waals surface area contributed by atoms with Crippen LogP contribution in [0.5, 0.6) is 5.75 Å². The number of fused-ring (bicyclic) bond motifs is 1. The Morgan fingerprint density at radius 2 is 2.12 bits per heavy atom. The molecular weight excluding hydrogens is 368 g/mol. The fourth-order valence-corrected chi connectivity index (χ4v) is 4.74. The topological polar surface area (TPSA) is 62.1 Å². The first-order valence-electron chi connectivity index (χ1n) is 8.63. The van der Waals surface area contributed by atoms with E-state index in [1.165, 1.54) is 16.2 Å². The molecule has 1 amide bonds. The van der Waals surface area contributed by atoms with Crippen LogP contribution in [0.3, 0.4) is 0 Å². The second-order valence-electron chi connectivity index (χ2n) is 6.88. The molecule has 0 saturated heterocycles. The maximum absolute atomic E-state index is 12.3. The predicted molar refractivity (Wildman–Crippen MR) is 105 cm³/mol. The number of benzene rings is 1. The largest absolute Gasteiger partial charge is 0.484 e. The normalized spacial score (nSPS) is 15.9. The minimum atomic E-state index is -0.265. The first kappa shape index (κ1) is 18.8. The van der Waals surface area contributed by atoms with E-state index < -0.39 is 0 Å². The molecule has 0 aliphatic heterocycles. The number of amides is 1. The third kappa shape index (κ3) is 3.87. The maximum Gasteiger partial charge on any atom is 0.262 e. The van der Waals surface area contributed by atoms with E-state index in [9.17, 15) is 10.1 Å². The highest BCUT2D eigenvalue weighted by atomic mass is 35.5. The highest BCUT2D eigenvalue weighted by Crippen LogP contribution is 2.39. The molecule has 1 N–H and O–H groups in total. The number of hydrogen-bond donors (Lipinski definition) is 1. The van der Waals surface area contributed by atoms with Gasteiger partial charge >= 0.3 is 0 Å². The van der Waals surface area contributed by atoms with Crippen LogP contribution >= 0.6 is 22.9 Å². The second kappa shape index (κ2) is 7.69. The van der Waals surface area contributed by atoms with Crippen LogP contribution in [0.1, 0.15) is 40.5 Å². The van der Waals surface area contributed by atoms with Crippen LogP contribution in [0.2, 0.25) is 5.02 Å². The first-order valence-corrected chi connectivity index (χ1v) is 9.82. The molecule has 2 aromatic rings. The van der Waals surface area contributed by atoms with E-state index in [-0.39, 0.29) is 12.5 Å². The average molecular weight is 389 g/mol. The number of nitrogens with zero attached hydrogens (tertiary/aromatic N) is 1. The Morgan fingerprint density at radius 1 is 1.42 bits per heavy atom. The summed E-state index contributed by atoms with van der Waals surface area (Å²) in [7, 11) is 0. The molecule has 0 fully saturated rings. The molecule has 0 saturated carbocycles. The number of rotatable bonds is 4. The Bertz CT molecular complexity index is 875. The van der Waals surface area contributed by atoms with Gasteiger partial charge in [-0.05, 0) is 67.9 Å². The molecule has 1 aromatic heterocycles. The van der Waals surface area contributed by atoms with E-state index in [1.807, 2.05) is 26.0 Å². The van der Waals surface area contributed by atoms with E-state index in [1.54, 1.807) is 0 Å². The number of thiophene rings is 1. The van der Waals surface area contributed by atoms with Gasteiger partial charge in [0.15, 0.2) is 6.61 Å². The van der Waals surface area contributed by atoms with Crippen molar-refractivity contribution in [3.05, 3.63) is 44.3 Å². The minimum absolute atomic E-state index is 0.107. The number of carbonyl (C=O) groups is 1. The number of nitriles is 1. The molecule has 0 bridgehead atoms. The summed E-state index contributed by atoms with van der Waals surface area (Å²) in [6.07, 6.45) is 2.97. The van der Waals surface area contributed by atoms with Crippen LogP contribution in [0.4, 0.5) is 5.00 Å². The molecular formula is C20H21ClN2O2S. The summed E-state index contributed by atoms with van der Waals surface area (Å²) in [6, 6.07) is 5.89. The number of aryl methyl sites for hydroxylation is 2. The number of anilines is 1. The molecule has 1 aliphatic carbocycles. The lowest BCUT2D eigenvalue weighted by Crippen LogP contribution is -2.20. The van der Waals surface area contributed by atoms with Gasteiger partial charge in [-0.1, -0.05) is 18.5 Å². The van der Waals surface area contributed by atoms with E-state index in [4.69, 9.17) is 16.3 Å². The van der Waals surface area contributed by atoms with Crippen molar-refractivity contribution in [3.8, 4) is 11.8 Å². The second-order valence-corrected chi connectivity index (χ2v) is 8.36. The van der Waals surface area contributed by atoms with Gasteiger partial charge in [-0.2, -0.15) is 5.26 Å². The summed E-state index contributed by atoms with van der Waals surface area (Å²) in [4.78, 5) is 13.5. The summed E-state index contributed by atoms with van der Waals surface area (Å²) in [5.41, 5.74) is 3.54. The van der Waals surface area contributed by atoms with Crippen LogP contribution in [0, 0.1) is 31.1 Å². The lowest BCUT2D eigenvalue weighted by molar-refractivity contribution is -0.118. The fraction of sp³-hybridized carbons (Fsp3) is 0.400. The van der Waals surface area contributed by atoms with Crippen molar-refractivity contribution in [1.82, 2.24) is 0 Å². The van der Waals surface area contributed by atoms with E-state index in [0.717, 1.165) is 36.0 Å². The summed E-state index contributed by atoms with van der Waals surface area (Å²) in [5.74, 6) is 0.966. The molecule has 1 aromatic carbocycles.